The molecule has 0 bridgehead atoms. The van der Waals surface area contributed by atoms with Gasteiger partial charge in [0, 0.05) is 0 Å². The third kappa shape index (κ3) is 5.23. The molecular formula is C20H30O4. The SMILES string of the molecule is CC(C)(C)O[C@@H](COC(=O)C(C)(C)C)c1ccc2c(c1)CCCO2. The van der Waals surface area contributed by atoms with Gasteiger partial charge < -0.3 is 14.2 Å². The van der Waals surface area contributed by atoms with E-state index in [0.717, 1.165) is 30.8 Å². The van der Waals surface area contributed by atoms with Crippen LogP contribution in [0.5, 0.6) is 5.75 Å². The van der Waals surface area contributed by atoms with E-state index in [2.05, 4.69) is 6.07 Å². The summed E-state index contributed by atoms with van der Waals surface area (Å²) in [6.07, 6.45) is 1.75. The number of carbonyl (C=O) groups is 1. The Hall–Kier alpha value is -1.55. The second-order valence-corrected chi connectivity index (χ2v) is 8.39. The normalized spacial score (nSPS) is 16.1. The van der Waals surface area contributed by atoms with Crippen molar-refractivity contribution in [2.75, 3.05) is 13.2 Å². The van der Waals surface area contributed by atoms with Gasteiger partial charge >= 0.3 is 5.97 Å². The van der Waals surface area contributed by atoms with Gasteiger partial charge in [0.15, 0.2) is 0 Å². The molecule has 1 aliphatic rings. The number of aryl methyl sites for hydroxylation is 1. The van der Waals surface area contributed by atoms with Gasteiger partial charge in [-0.25, -0.2) is 0 Å². The lowest BCUT2D eigenvalue weighted by Gasteiger charge is -2.29. The minimum atomic E-state index is -0.518. The van der Waals surface area contributed by atoms with E-state index >= 15 is 0 Å². The lowest BCUT2D eigenvalue weighted by Crippen LogP contribution is -2.29. The maximum absolute atomic E-state index is 12.1. The lowest BCUT2D eigenvalue weighted by atomic mass is 9.97. The zero-order valence-corrected chi connectivity index (χ0v) is 15.8. The van der Waals surface area contributed by atoms with Gasteiger partial charge in [-0.05, 0) is 77.6 Å². The molecule has 0 saturated carbocycles. The highest BCUT2D eigenvalue weighted by molar-refractivity contribution is 5.75. The molecule has 0 aliphatic carbocycles. The molecule has 4 nitrogen and oxygen atoms in total. The molecule has 0 radical (unpaired) electrons. The maximum atomic E-state index is 12.1. The molecule has 1 aromatic rings. The van der Waals surface area contributed by atoms with Crippen molar-refractivity contribution in [3.05, 3.63) is 29.3 Å². The number of hydrogen-bond donors (Lipinski definition) is 0. The van der Waals surface area contributed by atoms with Gasteiger partial charge in [0.25, 0.3) is 0 Å². The fraction of sp³-hybridized carbons (Fsp3) is 0.650. The Morgan fingerprint density at radius 1 is 1.21 bits per heavy atom. The smallest absolute Gasteiger partial charge is 0.311 e. The summed E-state index contributed by atoms with van der Waals surface area (Å²) in [5, 5.41) is 0. The molecular weight excluding hydrogens is 304 g/mol. The van der Waals surface area contributed by atoms with Crippen LogP contribution in [0, 0.1) is 5.41 Å². The van der Waals surface area contributed by atoms with E-state index in [1.165, 1.54) is 5.56 Å². The zero-order chi connectivity index (χ0) is 18.0. The molecule has 0 fully saturated rings. The third-order valence-corrected chi connectivity index (χ3v) is 3.78. The molecule has 0 amide bonds. The fourth-order valence-corrected chi connectivity index (χ4v) is 2.57. The van der Waals surface area contributed by atoms with Crippen LogP contribution >= 0.6 is 0 Å². The van der Waals surface area contributed by atoms with Crippen molar-refractivity contribution >= 4 is 5.97 Å². The highest BCUT2D eigenvalue weighted by Gasteiger charge is 2.27. The molecule has 2 rings (SSSR count). The Bertz CT molecular complexity index is 578. The largest absolute Gasteiger partial charge is 0.493 e. The van der Waals surface area contributed by atoms with Crippen molar-refractivity contribution in [2.45, 2.75) is 66.1 Å². The molecule has 134 valence electrons. The van der Waals surface area contributed by atoms with Crippen molar-refractivity contribution in [2.24, 2.45) is 5.41 Å². The number of fused-ring (bicyclic) bond motifs is 1. The van der Waals surface area contributed by atoms with Crippen molar-refractivity contribution in [1.29, 1.82) is 0 Å². The minimum Gasteiger partial charge on any atom is -0.493 e. The van der Waals surface area contributed by atoms with Crippen molar-refractivity contribution in [1.82, 2.24) is 0 Å². The van der Waals surface area contributed by atoms with E-state index in [4.69, 9.17) is 14.2 Å². The van der Waals surface area contributed by atoms with Crippen LogP contribution in [0.15, 0.2) is 18.2 Å². The summed E-state index contributed by atoms with van der Waals surface area (Å²) >= 11 is 0. The topological polar surface area (TPSA) is 44.8 Å². The Morgan fingerprint density at radius 3 is 2.54 bits per heavy atom. The summed E-state index contributed by atoms with van der Waals surface area (Å²) in [5.74, 6) is 0.734. The summed E-state index contributed by atoms with van der Waals surface area (Å²) in [6, 6.07) is 6.12. The molecule has 0 N–H and O–H groups in total. The summed E-state index contributed by atoms with van der Waals surface area (Å²) in [4.78, 5) is 12.1. The van der Waals surface area contributed by atoms with Gasteiger partial charge in [-0.1, -0.05) is 6.07 Å². The van der Waals surface area contributed by atoms with Gasteiger partial charge in [-0.15, -0.1) is 0 Å². The quantitative estimate of drug-likeness (QED) is 0.763. The van der Waals surface area contributed by atoms with Crippen LogP contribution in [0.3, 0.4) is 0 Å². The standard InChI is InChI=1S/C20H30O4/c1-19(2,3)18(21)23-13-17(24-20(4,5)6)15-9-10-16-14(12-15)8-7-11-22-16/h9-10,12,17H,7-8,11,13H2,1-6H3/t17-/m0/s1. The first-order chi connectivity index (χ1) is 11.1. The Morgan fingerprint density at radius 2 is 1.92 bits per heavy atom. The zero-order valence-electron chi connectivity index (χ0n) is 15.8. The average Bonchev–Trinajstić information content (AvgIpc) is 2.48. The van der Waals surface area contributed by atoms with Crippen LogP contribution in [0.25, 0.3) is 0 Å². The van der Waals surface area contributed by atoms with E-state index in [1.807, 2.05) is 53.7 Å². The van der Waals surface area contributed by atoms with Gasteiger partial charge in [0.2, 0.25) is 0 Å². The van der Waals surface area contributed by atoms with Crippen molar-refractivity contribution in [3.63, 3.8) is 0 Å². The van der Waals surface area contributed by atoms with E-state index < -0.39 is 5.41 Å². The van der Waals surface area contributed by atoms with Gasteiger partial charge in [-0.2, -0.15) is 0 Å². The van der Waals surface area contributed by atoms with Crippen LogP contribution in [-0.2, 0) is 20.7 Å². The van der Waals surface area contributed by atoms with Crippen LogP contribution < -0.4 is 4.74 Å². The molecule has 0 spiro atoms. The van der Waals surface area contributed by atoms with Gasteiger partial charge in [0.1, 0.15) is 18.5 Å². The molecule has 4 heteroatoms. The molecule has 1 atom stereocenters. The Kier molecular flexibility index (Phi) is 5.59. The average molecular weight is 334 g/mol. The van der Waals surface area contributed by atoms with E-state index in [0.29, 0.717) is 0 Å². The van der Waals surface area contributed by atoms with Gasteiger partial charge in [0.05, 0.1) is 17.6 Å². The first-order valence-corrected chi connectivity index (χ1v) is 8.67. The number of esters is 1. The maximum Gasteiger partial charge on any atom is 0.311 e. The number of rotatable bonds is 4. The lowest BCUT2D eigenvalue weighted by molar-refractivity contribution is -0.162. The number of carbonyl (C=O) groups excluding carboxylic acids is 1. The van der Waals surface area contributed by atoms with Crippen LogP contribution in [0.4, 0.5) is 0 Å². The molecule has 1 aromatic carbocycles. The summed E-state index contributed by atoms with van der Waals surface area (Å²) < 4.78 is 17.4. The molecule has 0 unspecified atom stereocenters. The van der Waals surface area contributed by atoms with Crippen LogP contribution in [0.2, 0.25) is 0 Å². The van der Waals surface area contributed by atoms with Crippen molar-refractivity contribution in [3.8, 4) is 5.75 Å². The predicted octanol–water partition coefficient (Wildman–Crippen LogP) is 4.46. The molecule has 24 heavy (non-hydrogen) atoms. The Labute approximate surface area is 145 Å². The summed E-state index contributed by atoms with van der Waals surface area (Å²) in [5.41, 5.74) is 1.38. The minimum absolute atomic E-state index is 0.215. The van der Waals surface area contributed by atoms with E-state index in [9.17, 15) is 4.79 Å². The van der Waals surface area contributed by atoms with Crippen molar-refractivity contribution < 1.29 is 19.0 Å². The predicted molar refractivity (Wildman–Crippen MR) is 94.3 cm³/mol. The number of benzene rings is 1. The second kappa shape index (κ2) is 7.14. The van der Waals surface area contributed by atoms with E-state index in [1.54, 1.807) is 0 Å². The third-order valence-electron chi connectivity index (χ3n) is 3.78. The molecule has 1 heterocycles. The highest BCUT2D eigenvalue weighted by atomic mass is 16.6. The first kappa shape index (κ1) is 18.8. The molecule has 1 aliphatic heterocycles. The monoisotopic (exact) mass is 334 g/mol. The summed E-state index contributed by atoms with van der Waals surface area (Å²) in [7, 11) is 0. The Balaban J connectivity index is 2.18. The van der Waals surface area contributed by atoms with Crippen LogP contribution in [0.1, 0.15) is 65.2 Å². The van der Waals surface area contributed by atoms with Gasteiger partial charge in [-0.3, -0.25) is 4.79 Å². The molecule has 0 aromatic heterocycles. The molecule has 0 saturated heterocycles. The first-order valence-electron chi connectivity index (χ1n) is 8.67. The summed E-state index contributed by atoms with van der Waals surface area (Å²) in [6.45, 7) is 12.6. The van der Waals surface area contributed by atoms with Crippen LogP contribution in [-0.4, -0.2) is 24.8 Å². The number of hydrogen-bond acceptors (Lipinski definition) is 4. The second-order valence-electron chi connectivity index (χ2n) is 8.39. The number of ether oxygens (including phenoxy) is 3. The highest BCUT2D eigenvalue weighted by Crippen LogP contribution is 2.31. The van der Waals surface area contributed by atoms with E-state index in [-0.39, 0.29) is 24.3 Å². The fourth-order valence-electron chi connectivity index (χ4n) is 2.57.